The lowest BCUT2D eigenvalue weighted by Crippen LogP contribution is -2.29. The molecule has 0 amide bonds. The number of carbonyl (C=O) groups is 1. The Balaban J connectivity index is 1.50. The summed E-state index contributed by atoms with van der Waals surface area (Å²) in [6.07, 6.45) is 5.54. The van der Waals surface area contributed by atoms with Gasteiger partial charge in [-0.3, -0.25) is 4.68 Å². The Hall–Kier alpha value is -3.34. The molecule has 11 heteroatoms. The fraction of sp³-hybridized carbons (Fsp3) is 0.471. The Kier molecular flexibility index (Phi) is 9.00. The molecule has 240 valence electrons. The van der Waals surface area contributed by atoms with Gasteiger partial charge in [0.15, 0.2) is 0 Å². The Morgan fingerprint density at radius 1 is 1.07 bits per heavy atom. The first-order valence-electron chi connectivity index (χ1n) is 15.9. The maximum absolute atomic E-state index is 13.7. The molecule has 4 aromatic rings. The maximum atomic E-state index is 13.7. The fourth-order valence-corrected chi connectivity index (χ4v) is 8.46. The van der Waals surface area contributed by atoms with Crippen LogP contribution in [-0.2, 0) is 60.6 Å². The molecule has 9 nitrogen and oxygen atoms in total. The lowest BCUT2D eigenvalue weighted by atomic mass is 9.97. The van der Waals surface area contributed by atoms with Gasteiger partial charge in [-0.1, -0.05) is 36.7 Å². The topological polar surface area (TPSA) is 95.7 Å². The number of aryl methyl sites for hydroxylation is 4. The zero-order valence-electron chi connectivity index (χ0n) is 26.5. The van der Waals surface area contributed by atoms with Gasteiger partial charge in [0.2, 0.25) is 10.0 Å². The van der Waals surface area contributed by atoms with Crippen LogP contribution in [0, 0.1) is 0 Å². The molecular weight excluding hydrogens is 612 g/mol. The molecule has 1 aliphatic carbocycles. The van der Waals surface area contributed by atoms with Crippen molar-refractivity contribution >= 4 is 38.5 Å². The Morgan fingerprint density at radius 3 is 2.67 bits per heavy atom. The smallest absolute Gasteiger partial charge is 0.355 e. The molecule has 0 radical (unpaired) electrons. The summed E-state index contributed by atoms with van der Waals surface area (Å²) in [4.78, 5) is 13.7. The standard InChI is InChI=1S/C34H41ClN4O5S/c1-5-28-31-27(36-38(28)4)21-37(3)45(41,42)20-10-18-39-32-25(16-17-26(35)30(31)32)24(33(39)34(40)43-6-2)14-9-19-44-29-15-8-12-22-11-7-13-23(22)29/h8,12,15-17H,5-7,9-11,13-14,18-21H2,1-4H3. The molecule has 2 aliphatic rings. The number of fused-ring (bicyclic) bond motifs is 3. The number of hydrogen-bond acceptors (Lipinski definition) is 6. The van der Waals surface area contributed by atoms with Crippen LogP contribution in [0.3, 0.4) is 0 Å². The average molecular weight is 653 g/mol. The highest BCUT2D eigenvalue weighted by Crippen LogP contribution is 2.43. The van der Waals surface area contributed by atoms with Crippen molar-refractivity contribution in [3.63, 3.8) is 0 Å². The van der Waals surface area contributed by atoms with Gasteiger partial charge in [0, 0.05) is 42.8 Å². The molecule has 0 unspecified atom stereocenters. The van der Waals surface area contributed by atoms with E-state index < -0.39 is 16.0 Å². The van der Waals surface area contributed by atoms with E-state index in [9.17, 15) is 13.2 Å². The normalized spacial score (nSPS) is 16.3. The van der Waals surface area contributed by atoms with Gasteiger partial charge in [-0.25, -0.2) is 13.2 Å². The first-order chi connectivity index (χ1) is 21.7. The number of esters is 1. The molecule has 2 aromatic carbocycles. The molecule has 1 aliphatic heterocycles. The quantitative estimate of drug-likeness (QED) is 0.169. The van der Waals surface area contributed by atoms with Crippen LogP contribution in [0.25, 0.3) is 22.0 Å². The minimum atomic E-state index is -3.58. The maximum Gasteiger partial charge on any atom is 0.355 e. The van der Waals surface area contributed by atoms with Gasteiger partial charge in [-0.05, 0) is 80.7 Å². The summed E-state index contributed by atoms with van der Waals surface area (Å²) in [6.45, 7) is 5.00. The number of ether oxygens (including phenoxy) is 2. The van der Waals surface area contributed by atoms with Crippen LogP contribution in [0.2, 0.25) is 5.02 Å². The van der Waals surface area contributed by atoms with E-state index in [0.717, 1.165) is 58.3 Å². The first-order valence-corrected chi connectivity index (χ1v) is 17.9. The molecular formula is C34H41ClN4O5S. The lowest BCUT2D eigenvalue weighted by Gasteiger charge is -2.17. The van der Waals surface area contributed by atoms with Crippen molar-refractivity contribution in [3.05, 3.63) is 69.1 Å². The fourth-order valence-electron chi connectivity index (χ4n) is 7.09. The number of rotatable bonds is 8. The van der Waals surface area contributed by atoms with Crippen molar-refractivity contribution in [3.8, 4) is 16.9 Å². The largest absolute Gasteiger partial charge is 0.493 e. The second-order valence-electron chi connectivity index (χ2n) is 11.9. The highest BCUT2D eigenvalue weighted by atomic mass is 35.5. The Labute approximate surface area is 270 Å². The van der Waals surface area contributed by atoms with Crippen molar-refractivity contribution in [2.24, 2.45) is 7.05 Å². The van der Waals surface area contributed by atoms with Gasteiger partial charge in [0.05, 0.1) is 41.7 Å². The Bertz CT molecular complexity index is 1880. The zero-order valence-corrected chi connectivity index (χ0v) is 28.1. The summed E-state index contributed by atoms with van der Waals surface area (Å²) in [5.41, 5.74) is 7.97. The van der Waals surface area contributed by atoms with E-state index in [0.29, 0.717) is 55.2 Å². The first kappa shape index (κ1) is 31.6. The van der Waals surface area contributed by atoms with Crippen LogP contribution < -0.4 is 4.74 Å². The zero-order chi connectivity index (χ0) is 31.9. The van der Waals surface area contributed by atoms with Crippen molar-refractivity contribution in [1.82, 2.24) is 18.7 Å². The van der Waals surface area contributed by atoms with Gasteiger partial charge in [-0.2, -0.15) is 9.40 Å². The molecule has 0 fully saturated rings. The van der Waals surface area contributed by atoms with Gasteiger partial charge >= 0.3 is 5.97 Å². The molecule has 3 heterocycles. The lowest BCUT2D eigenvalue weighted by molar-refractivity contribution is 0.0512. The van der Waals surface area contributed by atoms with E-state index in [1.807, 2.05) is 41.4 Å². The van der Waals surface area contributed by atoms with Gasteiger partial charge in [0.1, 0.15) is 11.4 Å². The van der Waals surface area contributed by atoms with Crippen molar-refractivity contribution in [2.75, 3.05) is 26.0 Å². The number of benzene rings is 2. The minimum absolute atomic E-state index is 0.0608. The van der Waals surface area contributed by atoms with Crippen molar-refractivity contribution < 1.29 is 22.7 Å². The van der Waals surface area contributed by atoms with E-state index in [1.54, 1.807) is 14.0 Å². The van der Waals surface area contributed by atoms with Crippen LogP contribution in [0.4, 0.5) is 0 Å². The molecule has 0 saturated carbocycles. The molecule has 0 bridgehead atoms. The van der Waals surface area contributed by atoms with Crippen LogP contribution in [-0.4, -0.2) is 59.1 Å². The monoisotopic (exact) mass is 652 g/mol. The minimum Gasteiger partial charge on any atom is -0.493 e. The summed E-state index contributed by atoms with van der Waals surface area (Å²) < 4.78 is 43.7. The second-order valence-corrected chi connectivity index (χ2v) is 14.5. The van der Waals surface area contributed by atoms with E-state index in [1.165, 1.54) is 15.4 Å². The summed E-state index contributed by atoms with van der Waals surface area (Å²) in [5, 5.41) is 6.22. The van der Waals surface area contributed by atoms with E-state index in [-0.39, 0.29) is 18.9 Å². The molecule has 2 aromatic heterocycles. The summed E-state index contributed by atoms with van der Waals surface area (Å²) in [5.74, 6) is 0.461. The van der Waals surface area contributed by atoms with E-state index >= 15 is 0 Å². The number of nitrogens with zero attached hydrogens (tertiary/aromatic N) is 4. The summed E-state index contributed by atoms with van der Waals surface area (Å²) in [7, 11) is -0.113. The molecule has 0 N–H and O–H groups in total. The van der Waals surface area contributed by atoms with E-state index in [4.69, 9.17) is 26.2 Å². The number of carbonyl (C=O) groups excluding carboxylic acids is 1. The van der Waals surface area contributed by atoms with E-state index in [2.05, 4.69) is 12.1 Å². The predicted octanol–water partition coefficient (Wildman–Crippen LogP) is 6.10. The Morgan fingerprint density at radius 2 is 1.89 bits per heavy atom. The van der Waals surface area contributed by atoms with Crippen LogP contribution in [0.1, 0.15) is 71.7 Å². The second kappa shape index (κ2) is 12.8. The number of hydrogen-bond donors (Lipinski definition) is 0. The highest BCUT2D eigenvalue weighted by Gasteiger charge is 2.32. The predicted molar refractivity (Wildman–Crippen MR) is 177 cm³/mol. The van der Waals surface area contributed by atoms with Crippen LogP contribution in [0.15, 0.2) is 30.3 Å². The van der Waals surface area contributed by atoms with Crippen molar-refractivity contribution in [2.45, 2.75) is 71.9 Å². The van der Waals surface area contributed by atoms with Gasteiger partial charge < -0.3 is 14.0 Å². The SMILES string of the molecule is CCOC(=O)c1c(CCCOc2cccc3c2CCC3)c2ccc(Cl)c3c2n1CCCS(=O)(=O)N(C)Cc1nn(C)c(CC)c1-3. The van der Waals surface area contributed by atoms with Crippen molar-refractivity contribution in [1.29, 1.82) is 0 Å². The third-order valence-electron chi connectivity index (χ3n) is 9.13. The molecule has 0 spiro atoms. The average Bonchev–Trinajstić information content (AvgIpc) is 3.69. The van der Waals surface area contributed by atoms with Gasteiger partial charge in [-0.15, -0.1) is 0 Å². The number of aromatic nitrogens is 3. The molecule has 6 rings (SSSR count). The molecule has 0 atom stereocenters. The summed E-state index contributed by atoms with van der Waals surface area (Å²) in [6, 6.07) is 10.1. The number of halogens is 1. The highest BCUT2D eigenvalue weighted by molar-refractivity contribution is 7.89. The molecule has 45 heavy (non-hydrogen) atoms. The summed E-state index contributed by atoms with van der Waals surface area (Å²) >= 11 is 7.05. The third-order valence-corrected chi connectivity index (χ3v) is 11.3. The number of sulfonamides is 1. The van der Waals surface area contributed by atoms with Gasteiger partial charge in [0.25, 0.3) is 0 Å². The van der Waals surface area contributed by atoms with Crippen LogP contribution in [0.5, 0.6) is 5.75 Å². The van der Waals surface area contributed by atoms with Crippen LogP contribution >= 0.6 is 11.6 Å². The molecule has 0 saturated heterocycles. The third kappa shape index (κ3) is 5.77.